The lowest BCUT2D eigenvalue weighted by atomic mass is 9.86. The number of hydrazone groups is 1. The number of esters is 2. The highest BCUT2D eigenvalue weighted by molar-refractivity contribution is 6.38. The van der Waals surface area contributed by atoms with Crippen molar-refractivity contribution in [2.24, 2.45) is 16.0 Å². The number of nitrogens with zero attached hydrogens (tertiary/aromatic N) is 3. The van der Waals surface area contributed by atoms with Gasteiger partial charge in [-0.3, -0.25) is 9.59 Å². The standard InChI is InChI=1S/C17H18N4O5/c1-25-15(23)12(14(22)16(24)26-2)13-11-6-4-3-5-10(11)9-20-21(13)17-18-7-8-19-17/h3-6,9,12-13H,7-8H2,1-2H3,(H,18,19). The van der Waals surface area contributed by atoms with Gasteiger partial charge < -0.3 is 14.8 Å². The fraction of sp³-hybridized carbons (Fsp3) is 0.353. The minimum Gasteiger partial charge on any atom is -0.468 e. The van der Waals surface area contributed by atoms with Crippen molar-refractivity contribution in [3.05, 3.63) is 35.4 Å². The van der Waals surface area contributed by atoms with Gasteiger partial charge >= 0.3 is 11.9 Å². The molecule has 0 amide bonds. The molecule has 1 N–H and O–H groups in total. The minimum atomic E-state index is -1.45. The number of nitrogens with one attached hydrogen (secondary N) is 1. The molecule has 1 aromatic rings. The van der Waals surface area contributed by atoms with Crippen LogP contribution in [-0.4, -0.2) is 62.2 Å². The Morgan fingerprint density at radius 1 is 1.23 bits per heavy atom. The molecule has 3 rings (SSSR count). The summed E-state index contributed by atoms with van der Waals surface area (Å²) < 4.78 is 9.33. The number of hydrogen-bond acceptors (Lipinski definition) is 9. The molecule has 0 radical (unpaired) electrons. The zero-order valence-electron chi connectivity index (χ0n) is 14.3. The lowest BCUT2D eigenvalue weighted by molar-refractivity contribution is -0.162. The Morgan fingerprint density at radius 3 is 2.65 bits per heavy atom. The molecule has 2 heterocycles. The number of ketones is 1. The number of fused-ring (bicyclic) bond motifs is 1. The van der Waals surface area contributed by atoms with Crippen LogP contribution in [0.15, 0.2) is 34.4 Å². The third-order valence-electron chi connectivity index (χ3n) is 4.21. The number of ether oxygens (including phenoxy) is 2. The molecule has 0 aliphatic carbocycles. The molecular formula is C17H18N4O5. The van der Waals surface area contributed by atoms with Crippen molar-refractivity contribution in [3.8, 4) is 0 Å². The number of guanidine groups is 1. The van der Waals surface area contributed by atoms with Crippen LogP contribution in [0.5, 0.6) is 0 Å². The van der Waals surface area contributed by atoms with Crippen LogP contribution in [0, 0.1) is 5.92 Å². The van der Waals surface area contributed by atoms with Crippen molar-refractivity contribution in [1.29, 1.82) is 0 Å². The van der Waals surface area contributed by atoms with E-state index in [1.807, 2.05) is 12.1 Å². The van der Waals surface area contributed by atoms with E-state index in [0.717, 1.165) is 19.8 Å². The highest BCUT2D eigenvalue weighted by Gasteiger charge is 2.46. The maximum Gasteiger partial charge on any atom is 0.375 e. The molecule has 0 fully saturated rings. The van der Waals surface area contributed by atoms with Gasteiger partial charge in [0, 0.05) is 6.54 Å². The Bertz CT molecular complexity index is 804. The molecule has 2 aliphatic rings. The number of rotatable bonds is 4. The number of carbonyl (C=O) groups is 3. The average molecular weight is 358 g/mol. The normalized spacial score (nSPS) is 19.1. The smallest absolute Gasteiger partial charge is 0.375 e. The quantitative estimate of drug-likeness (QED) is 0.453. The van der Waals surface area contributed by atoms with Gasteiger partial charge in [0.1, 0.15) is 6.04 Å². The largest absolute Gasteiger partial charge is 0.468 e. The first-order valence-corrected chi connectivity index (χ1v) is 7.99. The Kier molecular flexibility index (Phi) is 4.97. The van der Waals surface area contributed by atoms with E-state index in [0.29, 0.717) is 24.6 Å². The van der Waals surface area contributed by atoms with Gasteiger partial charge in [0.25, 0.3) is 5.78 Å². The van der Waals surface area contributed by atoms with E-state index in [1.54, 1.807) is 18.3 Å². The van der Waals surface area contributed by atoms with Crippen molar-refractivity contribution < 1.29 is 23.9 Å². The van der Waals surface area contributed by atoms with E-state index in [9.17, 15) is 14.4 Å². The maximum atomic E-state index is 12.6. The van der Waals surface area contributed by atoms with Crippen molar-refractivity contribution in [2.45, 2.75) is 6.04 Å². The zero-order valence-corrected chi connectivity index (χ0v) is 14.3. The summed E-state index contributed by atoms with van der Waals surface area (Å²) in [5.74, 6) is -3.99. The summed E-state index contributed by atoms with van der Waals surface area (Å²) in [7, 11) is 2.25. The lowest BCUT2D eigenvalue weighted by Crippen LogP contribution is -2.48. The topological polar surface area (TPSA) is 110 Å². The Labute approximate surface area is 149 Å². The van der Waals surface area contributed by atoms with E-state index in [-0.39, 0.29) is 0 Å². The van der Waals surface area contributed by atoms with Gasteiger partial charge in [0.05, 0.1) is 27.0 Å². The monoisotopic (exact) mass is 358 g/mol. The lowest BCUT2D eigenvalue weighted by Gasteiger charge is -2.35. The zero-order chi connectivity index (χ0) is 18.7. The van der Waals surface area contributed by atoms with Crippen LogP contribution in [0.2, 0.25) is 0 Å². The van der Waals surface area contributed by atoms with Crippen LogP contribution < -0.4 is 5.32 Å². The molecule has 9 heteroatoms. The second-order valence-corrected chi connectivity index (χ2v) is 5.65. The van der Waals surface area contributed by atoms with Crippen LogP contribution in [0.1, 0.15) is 17.2 Å². The highest BCUT2D eigenvalue weighted by Crippen LogP contribution is 2.35. The number of aliphatic imine (C=N–C) groups is 1. The third-order valence-corrected chi connectivity index (χ3v) is 4.21. The van der Waals surface area contributed by atoms with Crippen molar-refractivity contribution >= 4 is 29.9 Å². The summed E-state index contributed by atoms with van der Waals surface area (Å²) in [5.41, 5.74) is 1.39. The Morgan fingerprint density at radius 2 is 2.00 bits per heavy atom. The van der Waals surface area contributed by atoms with Gasteiger partial charge in [-0.2, -0.15) is 5.10 Å². The van der Waals surface area contributed by atoms with Gasteiger partial charge in [0.2, 0.25) is 5.96 Å². The van der Waals surface area contributed by atoms with Crippen molar-refractivity contribution in [2.75, 3.05) is 27.3 Å². The number of carbonyl (C=O) groups excluding carboxylic acids is 3. The van der Waals surface area contributed by atoms with E-state index in [1.165, 1.54) is 5.01 Å². The third kappa shape index (κ3) is 3.03. The van der Waals surface area contributed by atoms with Gasteiger partial charge in [-0.25, -0.2) is 14.8 Å². The Hall–Kier alpha value is -3.23. The van der Waals surface area contributed by atoms with E-state index in [4.69, 9.17) is 4.74 Å². The Balaban J connectivity index is 2.12. The molecule has 0 spiro atoms. The summed E-state index contributed by atoms with van der Waals surface area (Å²) in [6.45, 7) is 1.16. The van der Waals surface area contributed by atoms with E-state index < -0.39 is 29.7 Å². The maximum absolute atomic E-state index is 12.6. The fourth-order valence-electron chi connectivity index (χ4n) is 3.01. The van der Waals surface area contributed by atoms with Crippen molar-refractivity contribution in [1.82, 2.24) is 10.3 Å². The highest BCUT2D eigenvalue weighted by atomic mass is 16.5. The van der Waals surface area contributed by atoms with Gasteiger partial charge in [0.15, 0.2) is 5.92 Å². The summed E-state index contributed by atoms with van der Waals surface area (Å²) in [6, 6.07) is 6.29. The number of hydrogen-bond donors (Lipinski definition) is 1. The van der Waals surface area contributed by atoms with E-state index >= 15 is 0 Å². The summed E-state index contributed by atoms with van der Waals surface area (Å²) in [6.07, 6.45) is 1.62. The molecule has 0 bridgehead atoms. The van der Waals surface area contributed by atoms with Crippen LogP contribution in [0.25, 0.3) is 0 Å². The minimum absolute atomic E-state index is 0.423. The molecule has 0 aromatic heterocycles. The molecular weight excluding hydrogens is 340 g/mol. The van der Waals surface area contributed by atoms with E-state index in [2.05, 4.69) is 20.1 Å². The second kappa shape index (κ2) is 7.34. The molecule has 2 atom stereocenters. The first-order valence-electron chi connectivity index (χ1n) is 7.99. The average Bonchev–Trinajstić information content (AvgIpc) is 3.21. The SMILES string of the molecule is COC(=O)C(=O)C(C(=O)OC)C1c2ccccc2C=NN1C1=NCCN1. The first kappa shape index (κ1) is 17.6. The second-order valence-electron chi connectivity index (χ2n) is 5.65. The van der Waals surface area contributed by atoms with Gasteiger partial charge in [-0.1, -0.05) is 24.3 Å². The molecule has 26 heavy (non-hydrogen) atoms. The molecule has 136 valence electrons. The first-order chi connectivity index (χ1) is 12.6. The molecule has 2 unspecified atom stereocenters. The van der Waals surface area contributed by atoms with Crippen LogP contribution in [-0.2, 0) is 23.9 Å². The number of Topliss-reactive ketones (excluding diaryl/α,β-unsaturated/α-hetero) is 1. The molecule has 2 aliphatic heterocycles. The molecule has 9 nitrogen and oxygen atoms in total. The van der Waals surface area contributed by atoms with Crippen LogP contribution in [0.4, 0.5) is 0 Å². The number of benzene rings is 1. The predicted molar refractivity (Wildman–Crippen MR) is 91.4 cm³/mol. The summed E-state index contributed by atoms with van der Waals surface area (Å²) in [5, 5.41) is 8.85. The van der Waals surface area contributed by atoms with Gasteiger partial charge in [-0.15, -0.1) is 0 Å². The summed E-state index contributed by atoms with van der Waals surface area (Å²) in [4.78, 5) is 41.3. The number of methoxy groups -OCH3 is 2. The van der Waals surface area contributed by atoms with Crippen LogP contribution >= 0.6 is 0 Å². The predicted octanol–water partition coefficient (Wildman–Crippen LogP) is -0.132. The van der Waals surface area contributed by atoms with Crippen LogP contribution in [0.3, 0.4) is 0 Å². The fourth-order valence-corrected chi connectivity index (χ4v) is 3.01. The van der Waals surface area contributed by atoms with Gasteiger partial charge in [-0.05, 0) is 11.1 Å². The molecule has 1 aromatic carbocycles. The molecule has 0 saturated heterocycles. The molecule has 0 saturated carbocycles. The van der Waals surface area contributed by atoms with Crippen molar-refractivity contribution in [3.63, 3.8) is 0 Å². The summed E-state index contributed by atoms with van der Waals surface area (Å²) >= 11 is 0.